The fourth-order valence-electron chi connectivity index (χ4n) is 2.48. The van der Waals surface area contributed by atoms with E-state index in [4.69, 9.17) is 5.73 Å². The lowest BCUT2D eigenvalue weighted by Gasteiger charge is -2.30. The molecule has 0 aromatic heterocycles. The van der Waals surface area contributed by atoms with Crippen LogP contribution in [0.4, 0.5) is 0 Å². The van der Waals surface area contributed by atoms with E-state index < -0.39 is 9.84 Å². The molecule has 1 unspecified atom stereocenters. The third-order valence-electron chi connectivity index (χ3n) is 3.62. The van der Waals surface area contributed by atoms with Gasteiger partial charge >= 0.3 is 0 Å². The molecule has 0 spiro atoms. The zero-order valence-electron chi connectivity index (χ0n) is 11.1. The molecular formula is C12H26N2O2S. The minimum Gasteiger partial charge on any atom is -0.326 e. The van der Waals surface area contributed by atoms with Gasteiger partial charge in [0.25, 0.3) is 0 Å². The molecule has 1 fully saturated rings. The molecule has 102 valence electrons. The molecule has 1 aliphatic rings. The van der Waals surface area contributed by atoms with E-state index in [0.717, 1.165) is 6.54 Å². The maximum Gasteiger partial charge on any atom is 0.148 e. The minimum absolute atomic E-state index is 0.194. The Balaban J connectivity index is 2.27. The Kier molecular flexibility index (Phi) is 5.89. The zero-order valence-corrected chi connectivity index (χ0v) is 11.9. The number of hydrogen-bond donors (Lipinski definition) is 1. The van der Waals surface area contributed by atoms with Gasteiger partial charge in [-0.3, -0.25) is 0 Å². The zero-order chi connectivity index (χ0) is 12.9. The predicted octanol–water partition coefficient (Wildman–Crippen LogP) is 0.870. The van der Waals surface area contributed by atoms with Crippen LogP contribution in [0.3, 0.4) is 0 Å². The van der Waals surface area contributed by atoms with Crippen molar-refractivity contribution < 1.29 is 8.42 Å². The second kappa shape index (κ2) is 6.71. The van der Waals surface area contributed by atoms with Crippen LogP contribution in [0.1, 0.15) is 32.1 Å². The van der Waals surface area contributed by atoms with Crippen molar-refractivity contribution in [3.8, 4) is 0 Å². The van der Waals surface area contributed by atoms with Gasteiger partial charge in [0, 0.05) is 25.4 Å². The van der Waals surface area contributed by atoms with E-state index in [9.17, 15) is 8.42 Å². The summed E-state index contributed by atoms with van der Waals surface area (Å²) in [5, 5.41) is 0. The molecule has 0 radical (unpaired) electrons. The molecule has 0 bridgehead atoms. The normalized spacial score (nSPS) is 20.7. The first-order chi connectivity index (χ1) is 7.88. The van der Waals surface area contributed by atoms with Crippen molar-refractivity contribution in [2.45, 2.75) is 38.1 Å². The summed E-state index contributed by atoms with van der Waals surface area (Å²) in [5.41, 5.74) is 6.20. The van der Waals surface area contributed by atoms with Crippen LogP contribution in [-0.2, 0) is 9.84 Å². The maximum atomic E-state index is 11.1. The van der Waals surface area contributed by atoms with Crippen LogP contribution in [-0.4, -0.2) is 51.5 Å². The van der Waals surface area contributed by atoms with Crippen molar-refractivity contribution in [2.24, 2.45) is 11.7 Å². The first-order valence-corrected chi connectivity index (χ1v) is 8.56. The van der Waals surface area contributed by atoms with Crippen LogP contribution < -0.4 is 5.73 Å². The Morgan fingerprint density at radius 1 is 1.29 bits per heavy atom. The highest BCUT2D eigenvalue weighted by molar-refractivity contribution is 7.90. The molecule has 5 heteroatoms. The summed E-state index contributed by atoms with van der Waals surface area (Å²) < 4.78 is 22.1. The Hall–Kier alpha value is -0.130. The van der Waals surface area contributed by atoms with Gasteiger partial charge in [0.05, 0.1) is 5.75 Å². The molecule has 1 atom stereocenters. The van der Waals surface area contributed by atoms with Gasteiger partial charge < -0.3 is 10.6 Å². The number of likely N-dealkylation sites (N-methyl/N-ethyl adjacent to an activating group) is 1. The van der Waals surface area contributed by atoms with E-state index in [1.807, 2.05) is 11.9 Å². The van der Waals surface area contributed by atoms with Gasteiger partial charge in [-0.15, -0.1) is 0 Å². The van der Waals surface area contributed by atoms with Crippen LogP contribution in [0.2, 0.25) is 0 Å². The molecule has 1 aliphatic carbocycles. The molecule has 4 nitrogen and oxygen atoms in total. The van der Waals surface area contributed by atoms with Crippen molar-refractivity contribution in [1.82, 2.24) is 4.90 Å². The molecule has 2 N–H and O–H groups in total. The Bertz CT molecular complexity index is 310. The quantitative estimate of drug-likeness (QED) is 0.771. The standard InChI is InChI=1S/C12H26N2O2S/c1-14(8-9-17(2,15)16)10-12(13)11-6-4-3-5-7-11/h11-12H,3-10,13H2,1-2H3. The highest BCUT2D eigenvalue weighted by Crippen LogP contribution is 2.25. The lowest BCUT2D eigenvalue weighted by molar-refractivity contribution is 0.239. The lowest BCUT2D eigenvalue weighted by Crippen LogP contribution is -2.42. The molecule has 17 heavy (non-hydrogen) atoms. The lowest BCUT2D eigenvalue weighted by atomic mass is 9.84. The van der Waals surface area contributed by atoms with Gasteiger partial charge in [-0.05, 0) is 25.8 Å². The second-order valence-electron chi connectivity index (χ2n) is 5.45. The average Bonchev–Trinajstić information content (AvgIpc) is 2.27. The Morgan fingerprint density at radius 2 is 1.88 bits per heavy atom. The molecular weight excluding hydrogens is 236 g/mol. The molecule has 0 saturated heterocycles. The predicted molar refractivity (Wildman–Crippen MR) is 71.8 cm³/mol. The van der Waals surface area contributed by atoms with Crippen LogP contribution in [0.25, 0.3) is 0 Å². The third-order valence-corrected chi connectivity index (χ3v) is 4.55. The number of sulfone groups is 1. The highest BCUT2D eigenvalue weighted by atomic mass is 32.2. The van der Waals surface area contributed by atoms with Crippen LogP contribution in [0.5, 0.6) is 0 Å². The smallest absolute Gasteiger partial charge is 0.148 e. The Morgan fingerprint density at radius 3 is 2.41 bits per heavy atom. The topological polar surface area (TPSA) is 63.4 Å². The van der Waals surface area contributed by atoms with Gasteiger partial charge in [-0.2, -0.15) is 0 Å². The fraction of sp³-hybridized carbons (Fsp3) is 1.00. The largest absolute Gasteiger partial charge is 0.326 e. The van der Waals surface area contributed by atoms with Crippen molar-refractivity contribution in [2.75, 3.05) is 32.1 Å². The highest BCUT2D eigenvalue weighted by Gasteiger charge is 2.21. The summed E-state index contributed by atoms with van der Waals surface area (Å²) in [5.74, 6) is 0.852. The molecule has 0 aromatic carbocycles. The summed E-state index contributed by atoms with van der Waals surface area (Å²) in [7, 11) is -0.910. The van der Waals surface area contributed by atoms with E-state index in [1.165, 1.54) is 38.4 Å². The number of hydrogen-bond acceptors (Lipinski definition) is 4. The fourth-order valence-corrected chi connectivity index (χ4v) is 3.13. The summed E-state index contributed by atoms with van der Waals surface area (Å²) in [6, 6.07) is 0.194. The second-order valence-corrected chi connectivity index (χ2v) is 7.71. The molecule has 0 aliphatic heterocycles. The summed E-state index contributed by atoms with van der Waals surface area (Å²) in [6.45, 7) is 1.39. The van der Waals surface area contributed by atoms with Crippen LogP contribution in [0, 0.1) is 5.92 Å². The summed E-state index contributed by atoms with van der Waals surface area (Å²) in [6.07, 6.45) is 7.69. The van der Waals surface area contributed by atoms with E-state index in [1.54, 1.807) is 0 Å². The third kappa shape index (κ3) is 6.38. The van der Waals surface area contributed by atoms with Gasteiger partial charge in [-0.25, -0.2) is 8.42 Å². The molecule has 1 saturated carbocycles. The molecule has 1 rings (SSSR count). The van der Waals surface area contributed by atoms with Crippen molar-refractivity contribution >= 4 is 9.84 Å². The first-order valence-electron chi connectivity index (χ1n) is 6.50. The SMILES string of the molecule is CN(CCS(C)(=O)=O)CC(N)C1CCCCC1. The minimum atomic E-state index is -2.86. The summed E-state index contributed by atoms with van der Waals surface area (Å²) in [4.78, 5) is 2.04. The average molecular weight is 262 g/mol. The molecule has 0 amide bonds. The monoisotopic (exact) mass is 262 g/mol. The van der Waals surface area contributed by atoms with Crippen molar-refractivity contribution in [1.29, 1.82) is 0 Å². The van der Waals surface area contributed by atoms with E-state index >= 15 is 0 Å². The molecule has 0 heterocycles. The number of nitrogens with zero attached hydrogens (tertiary/aromatic N) is 1. The molecule has 0 aromatic rings. The number of nitrogens with two attached hydrogens (primary N) is 1. The van der Waals surface area contributed by atoms with Gasteiger partial charge in [0.2, 0.25) is 0 Å². The van der Waals surface area contributed by atoms with E-state index in [-0.39, 0.29) is 11.8 Å². The van der Waals surface area contributed by atoms with Crippen LogP contribution in [0.15, 0.2) is 0 Å². The van der Waals surface area contributed by atoms with E-state index in [2.05, 4.69) is 0 Å². The first kappa shape index (κ1) is 14.9. The maximum absolute atomic E-state index is 11.1. The van der Waals surface area contributed by atoms with Gasteiger partial charge in [0.1, 0.15) is 9.84 Å². The van der Waals surface area contributed by atoms with E-state index in [0.29, 0.717) is 12.5 Å². The number of rotatable bonds is 6. The van der Waals surface area contributed by atoms with Crippen molar-refractivity contribution in [3.63, 3.8) is 0 Å². The van der Waals surface area contributed by atoms with Crippen LogP contribution >= 0.6 is 0 Å². The van der Waals surface area contributed by atoms with Crippen molar-refractivity contribution in [3.05, 3.63) is 0 Å². The Labute approximate surface area is 105 Å². The summed E-state index contributed by atoms with van der Waals surface area (Å²) >= 11 is 0. The van der Waals surface area contributed by atoms with Gasteiger partial charge in [-0.1, -0.05) is 19.3 Å². The van der Waals surface area contributed by atoms with Gasteiger partial charge in [0.15, 0.2) is 0 Å².